The van der Waals surface area contributed by atoms with Crippen LogP contribution in [0.3, 0.4) is 0 Å². The number of pyridine rings is 1. The van der Waals surface area contributed by atoms with E-state index in [1.807, 2.05) is 24.1 Å². The van der Waals surface area contributed by atoms with Crippen molar-refractivity contribution in [2.75, 3.05) is 20.1 Å². The van der Waals surface area contributed by atoms with Crippen LogP contribution >= 0.6 is 0 Å². The van der Waals surface area contributed by atoms with Crippen molar-refractivity contribution in [3.63, 3.8) is 0 Å². The van der Waals surface area contributed by atoms with E-state index in [9.17, 15) is 9.90 Å². The average molecular weight is 291 g/mol. The summed E-state index contributed by atoms with van der Waals surface area (Å²) in [5, 5.41) is 13.1. The molecule has 5 heteroatoms. The normalized spacial score (nSPS) is 17.1. The Labute approximate surface area is 126 Å². The van der Waals surface area contributed by atoms with E-state index in [1.54, 1.807) is 12.4 Å². The van der Waals surface area contributed by atoms with Gasteiger partial charge in [0.2, 0.25) is 5.91 Å². The molecule has 5 nitrogen and oxygen atoms in total. The van der Waals surface area contributed by atoms with Gasteiger partial charge in [0.1, 0.15) is 0 Å². The summed E-state index contributed by atoms with van der Waals surface area (Å²) in [5.74, 6) is 0.00755. The van der Waals surface area contributed by atoms with Gasteiger partial charge in [-0.15, -0.1) is 0 Å². The van der Waals surface area contributed by atoms with E-state index in [0.717, 1.165) is 37.8 Å². The van der Waals surface area contributed by atoms with Gasteiger partial charge in [-0.25, -0.2) is 0 Å². The molecule has 1 aromatic heterocycles. The third kappa shape index (κ3) is 5.44. The summed E-state index contributed by atoms with van der Waals surface area (Å²) in [6, 6.07) is 3.90. The topological polar surface area (TPSA) is 65.5 Å². The molecule has 1 aliphatic rings. The van der Waals surface area contributed by atoms with Crippen LogP contribution in [0.5, 0.6) is 0 Å². The van der Waals surface area contributed by atoms with Crippen molar-refractivity contribution < 1.29 is 9.90 Å². The summed E-state index contributed by atoms with van der Waals surface area (Å²) in [6.45, 7) is 1.64. The quantitative estimate of drug-likeness (QED) is 0.795. The lowest BCUT2D eigenvalue weighted by Crippen LogP contribution is -2.38. The number of amides is 1. The molecule has 116 valence electrons. The smallest absolute Gasteiger partial charge is 0.234 e. The molecular formula is C16H25N3O2. The Bertz CT molecular complexity index is 444. The molecule has 1 aromatic rings. The van der Waals surface area contributed by atoms with Crippen LogP contribution in [0.2, 0.25) is 0 Å². The number of nitrogens with zero attached hydrogens (tertiary/aromatic N) is 2. The maximum atomic E-state index is 11.9. The molecule has 0 atom stereocenters. The maximum Gasteiger partial charge on any atom is 0.234 e. The number of hydrogen-bond donors (Lipinski definition) is 2. The van der Waals surface area contributed by atoms with Crippen molar-refractivity contribution >= 4 is 5.91 Å². The zero-order valence-corrected chi connectivity index (χ0v) is 12.7. The first-order valence-corrected chi connectivity index (χ1v) is 7.64. The predicted molar refractivity (Wildman–Crippen MR) is 81.6 cm³/mol. The summed E-state index contributed by atoms with van der Waals surface area (Å²) in [6.07, 6.45) is 8.09. The zero-order valence-electron chi connectivity index (χ0n) is 12.7. The highest BCUT2D eigenvalue weighted by Gasteiger charge is 2.30. The van der Waals surface area contributed by atoms with Crippen molar-refractivity contribution in [2.45, 2.75) is 44.2 Å². The molecule has 1 aliphatic carbocycles. The average Bonchev–Trinajstić information content (AvgIpc) is 2.86. The van der Waals surface area contributed by atoms with Gasteiger partial charge in [0.05, 0.1) is 12.1 Å². The zero-order chi connectivity index (χ0) is 15.1. The van der Waals surface area contributed by atoms with Gasteiger partial charge in [0.25, 0.3) is 0 Å². The Kier molecular flexibility index (Phi) is 5.70. The largest absolute Gasteiger partial charge is 0.390 e. The number of aliphatic hydroxyl groups is 1. The van der Waals surface area contributed by atoms with Gasteiger partial charge < -0.3 is 10.4 Å². The summed E-state index contributed by atoms with van der Waals surface area (Å²) in [7, 11) is 1.92. The second kappa shape index (κ2) is 7.52. The molecule has 0 saturated heterocycles. The second-order valence-corrected chi connectivity index (χ2v) is 6.06. The van der Waals surface area contributed by atoms with Crippen LogP contribution in [0.15, 0.2) is 24.5 Å². The van der Waals surface area contributed by atoms with Crippen LogP contribution in [0.1, 0.15) is 37.7 Å². The number of carbonyl (C=O) groups excluding carboxylic acids is 1. The van der Waals surface area contributed by atoms with E-state index < -0.39 is 5.60 Å². The first-order valence-electron chi connectivity index (χ1n) is 7.64. The minimum atomic E-state index is -0.545. The van der Waals surface area contributed by atoms with Crippen LogP contribution in [-0.4, -0.2) is 46.6 Å². The highest BCUT2D eigenvalue weighted by Crippen LogP contribution is 2.31. The van der Waals surface area contributed by atoms with Crippen molar-refractivity contribution in [2.24, 2.45) is 0 Å². The van der Waals surface area contributed by atoms with Crippen LogP contribution in [0, 0.1) is 0 Å². The Morgan fingerprint density at radius 3 is 2.71 bits per heavy atom. The molecule has 0 radical (unpaired) electrons. The lowest BCUT2D eigenvalue weighted by molar-refractivity contribution is -0.122. The standard InChI is InChI=1S/C16H25N3O2/c1-19(12-14-4-9-17-10-5-14)13-15(20)18-11-8-16(21)6-2-3-7-16/h4-5,9-10,21H,2-3,6-8,11-13H2,1H3,(H,18,20). The van der Waals surface area contributed by atoms with Crippen molar-refractivity contribution in [1.29, 1.82) is 0 Å². The van der Waals surface area contributed by atoms with Gasteiger partial charge in [-0.1, -0.05) is 12.8 Å². The van der Waals surface area contributed by atoms with Crippen molar-refractivity contribution in [3.05, 3.63) is 30.1 Å². The Hall–Kier alpha value is -1.46. The van der Waals surface area contributed by atoms with E-state index in [2.05, 4.69) is 10.3 Å². The van der Waals surface area contributed by atoms with Crippen molar-refractivity contribution in [3.8, 4) is 0 Å². The molecule has 0 bridgehead atoms. The number of nitrogens with one attached hydrogen (secondary N) is 1. The summed E-state index contributed by atoms with van der Waals surface area (Å²) >= 11 is 0. The predicted octanol–water partition coefficient (Wildman–Crippen LogP) is 1.32. The number of aromatic nitrogens is 1. The molecule has 2 N–H and O–H groups in total. The number of likely N-dealkylation sites (N-methyl/N-ethyl adjacent to an activating group) is 1. The molecule has 2 rings (SSSR count). The minimum Gasteiger partial charge on any atom is -0.390 e. The fraction of sp³-hybridized carbons (Fsp3) is 0.625. The molecule has 0 aromatic carbocycles. The number of rotatable bonds is 7. The maximum absolute atomic E-state index is 11.9. The summed E-state index contributed by atoms with van der Waals surface area (Å²) < 4.78 is 0. The first kappa shape index (κ1) is 15.9. The molecule has 1 saturated carbocycles. The molecule has 0 aliphatic heterocycles. The molecule has 1 heterocycles. The Balaban J connectivity index is 1.64. The highest BCUT2D eigenvalue weighted by atomic mass is 16.3. The third-order valence-corrected chi connectivity index (χ3v) is 4.06. The van der Waals surface area contributed by atoms with E-state index in [0.29, 0.717) is 19.5 Å². The first-order chi connectivity index (χ1) is 10.1. The van der Waals surface area contributed by atoms with E-state index in [-0.39, 0.29) is 5.91 Å². The number of hydrogen-bond acceptors (Lipinski definition) is 4. The molecule has 1 fully saturated rings. The lowest BCUT2D eigenvalue weighted by Gasteiger charge is -2.22. The fourth-order valence-electron chi connectivity index (χ4n) is 2.87. The van der Waals surface area contributed by atoms with Gasteiger partial charge >= 0.3 is 0 Å². The van der Waals surface area contributed by atoms with Gasteiger partial charge in [0, 0.05) is 25.5 Å². The summed E-state index contributed by atoms with van der Waals surface area (Å²) in [5.41, 5.74) is 0.594. The Morgan fingerprint density at radius 2 is 2.05 bits per heavy atom. The van der Waals surface area contributed by atoms with Crippen molar-refractivity contribution in [1.82, 2.24) is 15.2 Å². The SMILES string of the molecule is CN(CC(=O)NCCC1(O)CCCC1)Cc1ccncc1. The van der Waals surface area contributed by atoms with Crippen LogP contribution in [0.4, 0.5) is 0 Å². The van der Waals surface area contributed by atoms with Gasteiger partial charge in [-0.05, 0) is 44.0 Å². The summed E-state index contributed by atoms with van der Waals surface area (Å²) in [4.78, 5) is 17.8. The molecule has 0 unspecified atom stereocenters. The van der Waals surface area contributed by atoms with Crippen LogP contribution in [0.25, 0.3) is 0 Å². The molecule has 1 amide bonds. The lowest BCUT2D eigenvalue weighted by atomic mass is 9.98. The second-order valence-electron chi connectivity index (χ2n) is 6.06. The van der Waals surface area contributed by atoms with E-state index in [4.69, 9.17) is 0 Å². The fourth-order valence-corrected chi connectivity index (χ4v) is 2.87. The van der Waals surface area contributed by atoms with Gasteiger partial charge in [0.15, 0.2) is 0 Å². The van der Waals surface area contributed by atoms with Gasteiger partial charge in [-0.3, -0.25) is 14.7 Å². The van der Waals surface area contributed by atoms with Crippen LogP contribution in [-0.2, 0) is 11.3 Å². The third-order valence-electron chi connectivity index (χ3n) is 4.06. The van der Waals surface area contributed by atoms with E-state index in [1.165, 1.54) is 0 Å². The van der Waals surface area contributed by atoms with Crippen LogP contribution < -0.4 is 5.32 Å². The molecule has 21 heavy (non-hydrogen) atoms. The minimum absolute atomic E-state index is 0.00755. The monoisotopic (exact) mass is 291 g/mol. The molecular weight excluding hydrogens is 266 g/mol. The van der Waals surface area contributed by atoms with Gasteiger partial charge in [-0.2, -0.15) is 0 Å². The van der Waals surface area contributed by atoms with E-state index >= 15 is 0 Å². The highest BCUT2D eigenvalue weighted by molar-refractivity contribution is 5.77. The molecule has 0 spiro atoms. The Morgan fingerprint density at radius 1 is 1.38 bits per heavy atom. The number of carbonyl (C=O) groups is 1.